The van der Waals surface area contributed by atoms with Gasteiger partial charge in [-0.15, -0.1) is 0 Å². The van der Waals surface area contributed by atoms with Gasteiger partial charge in [-0.2, -0.15) is 0 Å². The number of hydrogen-bond acceptors (Lipinski definition) is 1. The fourth-order valence-electron chi connectivity index (χ4n) is 1.80. The predicted molar refractivity (Wildman–Crippen MR) is 72.2 cm³/mol. The van der Waals surface area contributed by atoms with Crippen LogP contribution in [0.3, 0.4) is 0 Å². The number of benzene rings is 1. The first-order valence-electron chi connectivity index (χ1n) is 6.09. The molecule has 0 aromatic heterocycles. The molecule has 1 rings (SSSR count). The summed E-state index contributed by atoms with van der Waals surface area (Å²) in [5.74, 6) is 1.27. The van der Waals surface area contributed by atoms with E-state index >= 15 is 0 Å². The van der Waals surface area contributed by atoms with E-state index in [2.05, 4.69) is 38.2 Å². The van der Waals surface area contributed by atoms with Crippen LogP contribution in [0.1, 0.15) is 38.7 Å². The second-order valence-corrected chi connectivity index (χ2v) is 5.15. The Bertz CT molecular complexity index is 309. The number of rotatable bonds is 6. The van der Waals surface area contributed by atoms with Gasteiger partial charge < -0.3 is 5.32 Å². The van der Waals surface area contributed by atoms with Crippen LogP contribution in [0.2, 0.25) is 5.02 Å². The summed E-state index contributed by atoms with van der Waals surface area (Å²) < 4.78 is 0. The molecule has 1 aromatic rings. The molecule has 0 amide bonds. The number of hydrogen-bond donors (Lipinski definition) is 1. The van der Waals surface area contributed by atoms with Gasteiger partial charge >= 0.3 is 0 Å². The lowest BCUT2D eigenvalue weighted by Gasteiger charge is -2.17. The van der Waals surface area contributed by atoms with Crippen molar-refractivity contribution >= 4 is 11.6 Å². The zero-order valence-electron chi connectivity index (χ0n) is 10.5. The molecule has 1 aromatic carbocycles. The van der Waals surface area contributed by atoms with Gasteiger partial charge in [0.1, 0.15) is 0 Å². The van der Waals surface area contributed by atoms with Gasteiger partial charge in [0.2, 0.25) is 0 Å². The Morgan fingerprint density at radius 1 is 1.25 bits per heavy atom. The molecule has 0 saturated carbocycles. The van der Waals surface area contributed by atoms with Crippen LogP contribution in [0.25, 0.3) is 0 Å². The quantitative estimate of drug-likeness (QED) is 0.789. The van der Waals surface area contributed by atoms with E-state index < -0.39 is 0 Å². The molecule has 0 spiro atoms. The van der Waals surface area contributed by atoms with Crippen molar-refractivity contribution in [2.75, 3.05) is 13.1 Å². The van der Waals surface area contributed by atoms with Crippen molar-refractivity contribution in [1.82, 2.24) is 5.32 Å². The van der Waals surface area contributed by atoms with Crippen molar-refractivity contribution in [2.24, 2.45) is 5.92 Å². The van der Waals surface area contributed by atoms with Crippen LogP contribution in [0.15, 0.2) is 24.3 Å². The molecule has 1 nitrogen and oxygen atoms in total. The first-order chi connectivity index (χ1) is 7.63. The molecular weight excluding hydrogens is 218 g/mol. The molecule has 16 heavy (non-hydrogen) atoms. The van der Waals surface area contributed by atoms with Gasteiger partial charge in [-0.3, -0.25) is 0 Å². The molecule has 0 fully saturated rings. The van der Waals surface area contributed by atoms with Gasteiger partial charge in [0.05, 0.1) is 0 Å². The minimum atomic E-state index is 0.567. The first-order valence-corrected chi connectivity index (χ1v) is 6.47. The summed E-state index contributed by atoms with van der Waals surface area (Å²) >= 11 is 6.01. The summed E-state index contributed by atoms with van der Waals surface area (Å²) in [7, 11) is 0. The molecular formula is C14H22ClN. The minimum absolute atomic E-state index is 0.567. The van der Waals surface area contributed by atoms with Crippen LogP contribution >= 0.6 is 11.6 Å². The SMILES string of the molecule is CCC(CNCC(C)C)c1cccc(Cl)c1. The molecule has 1 atom stereocenters. The normalized spacial score (nSPS) is 13.1. The van der Waals surface area contributed by atoms with Crippen LogP contribution in [0.4, 0.5) is 0 Å². The Morgan fingerprint density at radius 2 is 2.00 bits per heavy atom. The van der Waals surface area contributed by atoms with Crippen LogP contribution in [-0.2, 0) is 0 Å². The highest BCUT2D eigenvalue weighted by molar-refractivity contribution is 6.30. The van der Waals surface area contributed by atoms with Gasteiger partial charge in [-0.05, 0) is 42.5 Å². The highest BCUT2D eigenvalue weighted by Crippen LogP contribution is 2.21. The second kappa shape index (κ2) is 6.93. The van der Waals surface area contributed by atoms with Gasteiger partial charge in [0, 0.05) is 11.6 Å². The van der Waals surface area contributed by atoms with E-state index in [0.717, 1.165) is 24.5 Å². The molecule has 2 heteroatoms. The predicted octanol–water partition coefficient (Wildman–Crippen LogP) is 4.08. The fourth-order valence-corrected chi connectivity index (χ4v) is 2.00. The molecule has 0 aliphatic heterocycles. The molecule has 1 N–H and O–H groups in total. The average molecular weight is 240 g/mol. The minimum Gasteiger partial charge on any atom is -0.316 e. The summed E-state index contributed by atoms with van der Waals surface area (Å²) in [5.41, 5.74) is 1.34. The van der Waals surface area contributed by atoms with Gasteiger partial charge in [-0.1, -0.05) is 44.5 Å². The maximum atomic E-state index is 6.01. The Hall–Kier alpha value is -0.530. The molecule has 0 radical (unpaired) electrons. The maximum absolute atomic E-state index is 6.01. The lowest BCUT2D eigenvalue weighted by atomic mass is 9.96. The topological polar surface area (TPSA) is 12.0 Å². The second-order valence-electron chi connectivity index (χ2n) is 4.71. The van der Waals surface area contributed by atoms with Crippen molar-refractivity contribution in [1.29, 1.82) is 0 Å². The average Bonchev–Trinajstić information content (AvgIpc) is 2.24. The van der Waals surface area contributed by atoms with E-state index in [9.17, 15) is 0 Å². The van der Waals surface area contributed by atoms with Crippen LogP contribution < -0.4 is 5.32 Å². The van der Waals surface area contributed by atoms with Gasteiger partial charge in [0.15, 0.2) is 0 Å². The third-order valence-electron chi connectivity index (χ3n) is 2.76. The Kier molecular flexibility index (Phi) is 5.86. The third-order valence-corrected chi connectivity index (χ3v) is 2.99. The molecule has 90 valence electrons. The van der Waals surface area contributed by atoms with E-state index in [-0.39, 0.29) is 0 Å². The van der Waals surface area contributed by atoms with Crippen LogP contribution in [-0.4, -0.2) is 13.1 Å². The van der Waals surface area contributed by atoms with Crippen LogP contribution in [0, 0.1) is 5.92 Å². The van der Waals surface area contributed by atoms with E-state index in [1.165, 1.54) is 5.56 Å². The van der Waals surface area contributed by atoms with Crippen molar-refractivity contribution in [3.05, 3.63) is 34.9 Å². The third kappa shape index (κ3) is 4.54. The van der Waals surface area contributed by atoms with E-state index in [0.29, 0.717) is 11.8 Å². The Morgan fingerprint density at radius 3 is 2.56 bits per heavy atom. The first kappa shape index (κ1) is 13.5. The smallest absolute Gasteiger partial charge is 0.0408 e. The van der Waals surface area contributed by atoms with E-state index in [1.807, 2.05) is 12.1 Å². The molecule has 1 unspecified atom stereocenters. The summed E-state index contributed by atoms with van der Waals surface area (Å²) in [5, 5.41) is 4.34. The van der Waals surface area contributed by atoms with E-state index in [4.69, 9.17) is 11.6 Å². The lowest BCUT2D eigenvalue weighted by Crippen LogP contribution is -2.25. The molecule has 0 bridgehead atoms. The standard InChI is InChI=1S/C14H22ClN/c1-4-12(10-16-9-11(2)3)13-6-5-7-14(15)8-13/h5-8,11-12,16H,4,9-10H2,1-3H3. The van der Waals surface area contributed by atoms with Crippen molar-refractivity contribution < 1.29 is 0 Å². The largest absolute Gasteiger partial charge is 0.316 e. The van der Waals surface area contributed by atoms with Crippen molar-refractivity contribution in [3.63, 3.8) is 0 Å². The van der Waals surface area contributed by atoms with Crippen molar-refractivity contribution in [2.45, 2.75) is 33.1 Å². The molecule has 0 aliphatic rings. The Balaban J connectivity index is 2.53. The zero-order chi connectivity index (χ0) is 12.0. The van der Waals surface area contributed by atoms with Crippen LogP contribution in [0.5, 0.6) is 0 Å². The highest BCUT2D eigenvalue weighted by atomic mass is 35.5. The Labute approximate surface area is 104 Å². The molecule has 0 aliphatic carbocycles. The fraction of sp³-hybridized carbons (Fsp3) is 0.571. The lowest BCUT2D eigenvalue weighted by molar-refractivity contribution is 0.509. The number of halogens is 1. The summed E-state index contributed by atoms with van der Waals surface area (Å²) in [6.07, 6.45) is 1.14. The summed E-state index contributed by atoms with van der Waals surface area (Å²) in [4.78, 5) is 0. The zero-order valence-corrected chi connectivity index (χ0v) is 11.2. The monoisotopic (exact) mass is 239 g/mol. The summed E-state index contributed by atoms with van der Waals surface area (Å²) in [6.45, 7) is 8.80. The van der Waals surface area contributed by atoms with Gasteiger partial charge in [-0.25, -0.2) is 0 Å². The molecule has 0 heterocycles. The highest BCUT2D eigenvalue weighted by Gasteiger charge is 2.09. The maximum Gasteiger partial charge on any atom is 0.0408 e. The number of nitrogens with one attached hydrogen (secondary N) is 1. The molecule has 0 saturated heterocycles. The van der Waals surface area contributed by atoms with Crippen molar-refractivity contribution in [3.8, 4) is 0 Å². The van der Waals surface area contributed by atoms with E-state index in [1.54, 1.807) is 0 Å². The summed E-state index contributed by atoms with van der Waals surface area (Å²) in [6, 6.07) is 8.20. The van der Waals surface area contributed by atoms with Gasteiger partial charge in [0.25, 0.3) is 0 Å².